The summed E-state index contributed by atoms with van der Waals surface area (Å²) in [6.45, 7) is 1.04. The summed E-state index contributed by atoms with van der Waals surface area (Å²) in [5.41, 5.74) is 0. The summed E-state index contributed by atoms with van der Waals surface area (Å²) in [4.78, 5) is 19.3. The molecule has 1 aromatic heterocycles. The van der Waals surface area contributed by atoms with E-state index < -0.39 is 0 Å². The number of amides is 1. The number of ether oxygens (including phenoxy) is 1. The van der Waals surface area contributed by atoms with Gasteiger partial charge in [-0.15, -0.1) is 0 Å². The number of rotatable bonds is 2. The Kier molecular flexibility index (Phi) is 3.58. The molecule has 0 saturated carbocycles. The number of carbonyl (C=O) groups is 1. The van der Waals surface area contributed by atoms with Crippen LogP contribution in [0.5, 0.6) is 0 Å². The lowest BCUT2D eigenvalue weighted by atomic mass is 10.1. The Hall–Kier alpha value is -0.910. The van der Waals surface area contributed by atoms with Crippen molar-refractivity contribution in [2.75, 3.05) is 18.5 Å². The maximum atomic E-state index is 11.7. The topological polar surface area (TPSA) is 64.1 Å². The fourth-order valence-electron chi connectivity index (χ4n) is 1.40. The Bertz CT molecular complexity index is 408. The third-order valence-electron chi connectivity index (χ3n) is 2.29. The minimum atomic E-state index is -0.158. The van der Waals surface area contributed by atoms with Crippen molar-refractivity contribution in [2.24, 2.45) is 5.92 Å². The smallest absolute Gasteiger partial charge is 0.231 e. The van der Waals surface area contributed by atoms with Crippen molar-refractivity contribution in [1.82, 2.24) is 9.97 Å². The van der Waals surface area contributed by atoms with Gasteiger partial charge in [0.15, 0.2) is 11.0 Å². The highest BCUT2D eigenvalue weighted by molar-refractivity contribution is 6.42. The van der Waals surface area contributed by atoms with Crippen LogP contribution in [0, 0.1) is 5.92 Å². The Labute approximate surface area is 102 Å². The lowest BCUT2D eigenvalue weighted by Gasteiger charge is -2.09. The van der Waals surface area contributed by atoms with Gasteiger partial charge < -0.3 is 10.1 Å². The molecule has 1 fully saturated rings. The summed E-state index contributed by atoms with van der Waals surface area (Å²) in [5.74, 6) is -0.0717. The van der Waals surface area contributed by atoms with Crippen LogP contribution in [0.25, 0.3) is 0 Å². The Balaban J connectivity index is 2.08. The summed E-state index contributed by atoms with van der Waals surface area (Å²) in [7, 11) is 0. The maximum absolute atomic E-state index is 11.7. The molecule has 7 heteroatoms. The second-order valence-electron chi connectivity index (χ2n) is 3.38. The number of carbonyl (C=O) groups excluding carboxylic acids is 1. The lowest BCUT2D eigenvalue weighted by molar-refractivity contribution is -0.119. The monoisotopic (exact) mass is 261 g/mol. The van der Waals surface area contributed by atoms with E-state index in [-0.39, 0.29) is 27.8 Å². The molecule has 5 nitrogen and oxygen atoms in total. The number of halogens is 2. The molecule has 0 aromatic carbocycles. The number of aromatic nitrogens is 2. The molecule has 0 aliphatic carbocycles. The molecule has 2 rings (SSSR count). The molecule has 0 spiro atoms. The maximum Gasteiger partial charge on any atom is 0.231 e. The summed E-state index contributed by atoms with van der Waals surface area (Å²) < 4.78 is 5.12. The molecule has 16 heavy (non-hydrogen) atoms. The van der Waals surface area contributed by atoms with Crippen molar-refractivity contribution >= 4 is 34.9 Å². The minimum Gasteiger partial charge on any atom is -0.381 e. The van der Waals surface area contributed by atoms with Crippen LogP contribution in [0.4, 0.5) is 5.82 Å². The van der Waals surface area contributed by atoms with Crippen molar-refractivity contribution in [2.45, 2.75) is 6.42 Å². The molecule has 1 aromatic rings. The van der Waals surface area contributed by atoms with E-state index in [1.807, 2.05) is 0 Å². The van der Waals surface area contributed by atoms with E-state index in [9.17, 15) is 4.79 Å². The first-order chi connectivity index (χ1) is 7.68. The van der Waals surface area contributed by atoms with E-state index in [2.05, 4.69) is 15.3 Å². The van der Waals surface area contributed by atoms with Crippen LogP contribution in [0.3, 0.4) is 0 Å². The molecular formula is C9H9Cl2N3O2. The van der Waals surface area contributed by atoms with Gasteiger partial charge in [-0.05, 0) is 6.42 Å². The largest absolute Gasteiger partial charge is 0.381 e. The SMILES string of the molecule is O=C(Nc1ncnc(Cl)c1Cl)C1CCOC1. The lowest BCUT2D eigenvalue weighted by Crippen LogP contribution is -2.23. The zero-order chi connectivity index (χ0) is 11.5. The molecule has 1 amide bonds. The van der Waals surface area contributed by atoms with Gasteiger partial charge in [-0.25, -0.2) is 9.97 Å². The van der Waals surface area contributed by atoms with Crippen LogP contribution in [0.15, 0.2) is 6.33 Å². The molecule has 2 heterocycles. The van der Waals surface area contributed by atoms with Gasteiger partial charge >= 0.3 is 0 Å². The second kappa shape index (κ2) is 4.95. The molecule has 86 valence electrons. The van der Waals surface area contributed by atoms with Crippen LogP contribution in [0.2, 0.25) is 10.2 Å². The summed E-state index contributed by atoms with van der Waals surface area (Å²) >= 11 is 11.5. The molecule has 0 radical (unpaired) electrons. The molecule has 1 atom stereocenters. The summed E-state index contributed by atoms with van der Waals surface area (Å²) in [6, 6.07) is 0. The van der Waals surface area contributed by atoms with Gasteiger partial charge in [-0.2, -0.15) is 0 Å². The number of nitrogens with one attached hydrogen (secondary N) is 1. The molecule has 1 N–H and O–H groups in total. The van der Waals surface area contributed by atoms with Crippen LogP contribution >= 0.6 is 23.2 Å². The number of nitrogens with zero attached hydrogens (tertiary/aromatic N) is 2. The van der Waals surface area contributed by atoms with Crippen molar-refractivity contribution in [3.63, 3.8) is 0 Å². The van der Waals surface area contributed by atoms with Crippen LogP contribution in [-0.2, 0) is 9.53 Å². The van der Waals surface area contributed by atoms with Crippen molar-refractivity contribution in [1.29, 1.82) is 0 Å². The van der Waals surface area contributed by atoms with E-state index in [1.165, 1.54) is 6.33 Å². The average Bonchev–Trinajstić information content (AvgIpc) is 2.78. The third-order valence-corrected chi connectivity index (χ3v) is 3.03. The van der Waals surface area contributed by atoms with Gasteiger partial charge in [0.1, 0.15) is 11.3 Å². The highest BCUT2D eigenvalue weighted by Crippen LogP contribution is 2.26. The molecule has 1 saturated heterocycles. The Morgan fingerprint density at radius 2 is 2.31 bits per heavy atom. The van der Waals surface area contributed by atoms with Gasteiger partial charge in [0.2, 0.25) is 5.91 Å². The number of hydrogen-bond donors (Lipinski definition) is 1. The second-order valence-corrected chi connectivity index (χ2v) is 4.11. The van der Waals surface area contributed by atoms with Gasteiger partial charge in [0.25, 0.3) is 0 Å². The summed E-state index contributed by atoms with van der Waals surface area (Å²) in [5, 5.41) is 2.88. The van der Waals surface area contributed by atoms with E-state index in [1.54, 1.807) is 0 Å². The van der Waals surface area contributed by atoms with Gasteiger partial charge in [-0.1, -0.05) is 23.2 Å². The van der Waals surface area contributed by atoms with Gasteiger partial charge in [0, 0.05) is 6.61 Å². The first-order valence-electron chi connectivity index (χ1n) is 4.73. The highest BCUT2D eigenvalue weighted by atomic mass is 35.5. The fraction of sp³-hybridized carbons (Fsp3) is 0.444. The number of anilines is 1. The highest BCUT2D eigenvalue weighted by Gasteiger charge is 2.24. The summed E-state index contributed by atoms with van der Waals surface area (Å²) in [6.07, 6.45) is 1.96. The third kappa shape index (κ3) is 2.42. The molecule has 1 aliphatic rings. The predicted octanol–water partition coefficient (Wildman–Crippen LogP) is 1.76. The quantitative estimate of drug-likeness (QED) is 0.825. The van der Waals surface area contributed by atoms with Crippen LogP contribution < -0.4 is 5.32 Å². The Morgan fingerprint density at radius 1 is 1.50 bits per heavy atom. The minimum absolute atomic E-state index is 0.120. The van der Waals surface area contributed by atoms with Gasteiger partial charge in [-0.3, -0.25) is 4.79 Å². The molecule has 1 unspecified atom stereocenters. The predicted molar refractivity (Wildman–Crippen MR) is 59.6 cm³/mol. The first-order valence-corrected chi connectivity index (χ1v) is 5.48. The first kappa shape index (κ1) is 11.6. The molecule has 0 bridgehead atoms. The van der Waals surface area contributed by atoms with Crippen molar-refractivity contribution < 1.29 is 9.53 Å². The fourth-order valence-corrected chi connectivity index (χ4v) is 1.67. The molecule has 1 aliphatic heterocycles. The van der Waals surface area contributed by atoms with E-state index in [0.717, 1.165) is 0 Å². The number of hydrogen-bond acceptors (Lipinski definition) is 4. The van der Waals surface area contributed by atoms with E-state index >= 15 is 0 Å². The standard InChI is InChI=1S/C9H9Cl2N3O2/c10-6-7(11)12-4-13-8(6)14-9(15)5-1-2-16-3-5/h4-5H,1-3H2,(H,12,13,14,15). The normalized spacial score (nSPS) is 19.8. The van der Waals surface area contributed by atoms with Gasteiger partial charge in [0.05, 0.1) is 12.5 Å². The average molecular weight is 262 g/mol. The van der Waals surface area contributed by atoms with E-state index in [0.29, 0.717) is 19.6 Å². The molecular weight excluding hydrogens is 253 g/mol. The zero-order valence-electron chi connectivity index (χ0n) is 8.24. The van der Waals surface area contributed by atoms with E-state index in [4.69, 9.17) is 27.9 Å². The van der Waals surface area contributed by atoms with Crippen LogP contribution in [0.1, 0.15) is 6.42 Å². The van der Waals surface area contributed by atoms with Crippen molar-refractivity contribution in [3.05, 3.63) is 16.5 Å². The zero-order valence-corrected chi connectivity index (χ0v) is 9.75. The Morgan fingerprint density at radius 3 is 3.00 bits per heavy atom. The van der Waals surface area contributed by atoms with Crippen molar-refractivity contribution in [3.8, 4) is 0 Å². The van der Waals surface area contributed by atoms with Crippen LogP contribution in [-0.4, -0.2) is 29.1 Å².